The fourth-order valence-corrected chi connectivity index (χ4v) is 5.73. The van der Waals surface area contributed by atoms with Crippen LogP contribution in [-0.2, 0) is 4.74 Å². The summed E-state index contributed by atoms with van der Waals surface area (Å²) in [5.74, 6) is -4.03. The molecule has 7 nitrogen and oxygen atoms in total. The van der Waals surface area contributed by atoms with E-state index in [9.17, 15) is 19.4 Å². The van der Waals surface area contributed by atoms with Crippen molar-refractivity contribution in [2.24, 2.45) is 5.92 Å². The molecule has 1 saturated heterocycles. The normalized spacial score (nSPS) is 25.5. The number of benzene rings is 1. The van der Waals surface area contributed by atoms with Crippen LogP contribution in [0.5, 0.6) is 0 Å². The van der Waals surface area contributed by atoms with Crippen molar-refractivity contribution in [3.05, 3.63) is 77.0 Å². The molecule has 1 aromatic carbocycles. The molecule has 3 aromatic rings. The van der Waals surface area contributed by atoms with E-state index in [2.05, 4.69) is 15.3 Å². The number of aliphatic hydroxyl groups excluding tert-OH is 1. The van der Waals surface area contributed by atoms with Crippen molar-refractivity contribution in [1.82, 2.24) is 9.97 Å². The van der Waals surface area contributed by atoms with Gasteiger partial charge in [-0.3, -0.25) is 9.78 Å². The Morgan fingerprint density at radius 2 is 1.75 bits per heavy atom. The predicted molar refractivity (Wildman–Crippen MR) is 142 cm³/mol. The molecule has 0 unspecified atom stereocenters. The highest BCUT2D eigenvalue weighted by atomic mass is 19.1. The molecule has 4 atom stereocenters. The van der Waals surface area contributed by atoms with Crippen molar-refractivity contribution in [3.63, 3.8) is 0 Å². The number of carbonyl (C=O) groups is 1. The number of hydrogen-bond acceptors (Lipinski definition) is 6. The van der Waals surface area contributed by atoms with E-state index in [-0.39, 0.29) is 29.9 Å². The minimum atomic E-state index is -1.23. The van der Waals surface area contributed by atoms with E-state index >= 15 is 8.78 Å². The molecular weight excluding hydrogens is 523 g/mol. The summed E-state index contributed by atoms with van der Waals surface area (Å²) in [5, 5.41) is 23.8. The van der Waals surface area contributed by atoms with Crippen molar-refractivity contribution in [2.45, 2.75) is 63.1 Å². The lowest BCUT2D eigenvalue weighted by Gasteiger charge is -2.43. The molecule has 1 aliphatic heterocycles. The van der Waals surface area contributed by atoms with Gasteiger partial charge in [-0.15, -0.1) is 0 Å². The third-order valence-corrected chi connectivity index (χ3v) is 8.43. The second kappa shape index (κ2) is 11.3. The molecule has 212 valence electrons. The zero-order valence-electron chi connectivity index (χ0n) is 22.3. The Morgan fingerprint density at radius 1 is 1.05 bits per heavy atom. The maximum atomic E-state index is 15.2. The first-order valence-electron chi connectivity index (χ1n) is 13.5. The molecule has 1 amide bonds. The number of nitrogens with zero attached hydrogens (tertiary/aromatic N) is 2. The van der Waals surface area contributed by atoms with E-state index in [1.165, 1.54) is 18.3 Å². The molecule has 1 aliphatic carbocycles. The second-order valence-corrected chi connectivity index (χ2v) is 11.0. The summed E-state index contributed by atoms with van der Waals surface area (Å²) in [6.07, 6.45) is 4.18. The van der Waals surface area contributed by atoms with Gasteiger partial charge in [0.2, 0.25) is 0 Å². The standard InChI is InChI=1S/C30H32F3N3O4/c1-16-11-19(14-26(37)30(16,2)39)20-5-8-34-15-25(20)36-29(38)24-4-3-21(31)28(35-24)27-22(32)12-18(13-23(27)33)17-6-9-40-10-7-17/h3-5,8,12-13,15-17,19,26,37,39H,6-7,9-11,14H2,1-2H3,(H,36,38)/t16-,19+,26+,30+/m0/s1. The maximum absolute atomic E-state index is 15.2. The highest BCUT2D eigenvalue weighted by Crippen LogP contribution is 2.43. The number of pyridine rings is 2. The number of aromatic nitrogens is 2. The number of halogens is 3. The SMILES string of the molecule is C[C@H]1C[C@@H](c2ccncc2NC(=O)c2ccc(F)c(-c3c(F)cc(C4CCOCC4)cc3F)n2)C[C@@H](O)[C@]1(C)O. The molecule has 1 saturated carbocycles. The van der Waals surface area contributed by atoms with Crippen molar-refractivity contribution in [1.29, 1.82) is 0 Å². The number of nitrogens with one attached hydrogen (secondary N) is 1. The van der Waals surface area contributed by atoms with Gasteiger partial charge in [0.15, 0.2) is 0 Å². The van der Waals surface area contributed by atoms with E-state index in [1.54, 1.807) is 19.2 Å². The monoisotopic (exact) mass is 555 g/mol. The third kappa shape index (κ3) is 5.48. The first-order chi connectivity index (χ1) is 19.1. The largest absolute Gasteiger partial charge is 0.390 e. The number of aliphatic hydroxyl groups is 2. The molecule has 5 rings (SSSR count). The lowest BCUT2D eigenvalue weighted by Crippen LogP contribution is -2.49. The fourth-order valence-electron chi connectivity index (χ4n) is 5.73. The average Bonchev–Trinajstić information content (AvgIpc) is 2.93. The summed E-state index contributed by atoms with van der Waals surface area (Å²) in [4.78, 5) is 21.3. The van der Waals surface area contributed by atoms with Crippen LogP contribution >= 0.6 is 0 Å². The lowest BCUT2D eigenvalue weighted by atomic mass is 9.69. The molecule has 40 heavy (non-hydrogen) atoms. The van der Waals surface area contributed by atoms with Crippen LogP contribution in [0.2, 0.25) is 0 Å². The lowest BCUT2D eigenvalue weighted by molar-refractivity contribution is -0.123. The Labute approximate surface area is 230 Å². The van der Waals surface area contributed by atoms with Gasteiger partial charge in [0, 0.05) is 19.4 Å². The van der Waals surface area contributed by atoms with Crippen LogP contribution in [-0.4, -0.2) is 51.0 Å². The van der Waals surface area contributed by atoms with Gasteiger partial charge in [-0.25, -0.2) is 18.2 Å². The van der Waals surface area contributed by atoms with Crippen molar-refractivity contribution < 1.29 is 32.9 Å². The van der Waals surface area contributed by atoms with Gasteiger partial charge in [-0.05, 0) is 91.8 Å². The predicted octanol–water partition coefficient (Wildman–Crippen LogP) is 5.33. The maximum Gasteiger partial charge on any atom is 0.274 e. The van der Waals surface area contributed by atoms with Crippen LogP contribution < -0.4 is 5.32 Å². The molecule has 0 spiro atoms. The highest BCUT2D eigenvalue weighted by Gasteiger charge is 2.43. The Morgan fingerprint density at radius 3 is 2.42 bits per heavy atom. The molecular formula is C30H32F3N3O4. The fraction of sp³-hybridized carbons (Fsp3) is 0.433. The Bertz CT molecular complexity index is 1370. The Kier molecular flexibility index (Phi) is 7.94. The second-order valence-electron chi connectivity index (χ2n) is 11.0. The summed E-state index contributed by atoms with van der Waals surface area (Å²) >= 11 is 0. The van der Waals surface area contributed by atoms with E-state index in [4.69, 9.17) is 4.74 Å². The zero-order chi connectivity index (χ0) is 28.6. The number of hydrogen-bond donors (Lipinski definition) is 3. The summed E-state index contributed by atoms with van der Waals surface area (Å²) in [7, 11) is 0. The van der Waals surface area contributed by atoms with E-state index in [1.807, 2.05) is 6.92 Å². The van der Waals surface area contributed by atoms with Crippen molar-refractivity contribution in [2.75, 3.05) is 18.5 Å². The molecule has 0 bridgehead atoms. The topological polar surface area (TPSA) is 105 Å². The van der Waals surface area contributed by atoms with E-state index < -0.39 is 46.3 Å². The number of rotatable bonds is 5. The first-order valence-corrected chi connectivity index (χ1v) is 13.5. The number of ether oxygens (including phenoxy) is 1. The van der Waals surface area contributed by atoms with E-state index in [0.717, 1.165) is 12.1 Å². The van der Waals surface area contributed by atoms with Gasteiger partial charge in [-0.1, -0.05) is 6.92 Å². The van der Waals surface area contributed by atoms with Crippen LogP contribution in [0.1, 0.15) is 73.0 Å². The van der Waals surface area contributed by atoms with Gasteiger partial charge in [-0.2, -0.15) is 0 Å². The summed E-state index contributed by atoms with van der Waals surface area (Å²) in [5.41, 5.74) is -1.14. The zero-order valence-corrected chi connectivity index (χ0v) is 22.3. The van der Waals surface area contributed by atoms with Gasteiger partial charge in [0.1, 0.15) is 28.8 Å². The first kappa shape index (κ1) is 28.2. The highest BCUT2D eigenvalue weighted by molar-refractivity contribution is 6.03. The average molecular weight is 556 g/mol. The molecule has 3 heterocycles. The quantitative estimate of drug-likeness (QED) is 0.393. The Hall–Kier alpha value is -3.34. The minimum absolute atomic E-state index is 0.0604. The van der Waals surface area contributed by atoms with Crippen LogP contribution in [0.4, 0.5) is 18.9 Å². The minimum Gasteiger partial charge on any atom is -0.390 e. The van der Waals surface area contributed by atoms with Gasteiger partial charge >= 0.3 is 0 Å². The van der Waals surface area contributed by atoms with Crippen molar-refractivity contribution >= 4 is 11.6 Å². The summed E-state index contributed by atoms with van der Waals surface area (Å²) in [6, 6.07) is 6.21. The smallest absolute Gasteiger partial charge is 0.274 e. The number of anilines is 1. The van der Waals surface area contributed by atoms with Crippen LogP contribution in [0.25, 0.3) is 11.3 Å². The molecule has 0 radical (unpaired) electrons. The summed E-state index contributed by atoms with van der Waals surface area (Å²) in [6.45, 7) is 4.47. The molecule has 2 aromatic heterocycles. The van der Waals surface area contributed by atoms with Gasteiger partial charge in [0.05, 0.1) is 29.2 Å². The van der Waals surface area contributed by atoms with Crippen LogP contribution in [0.15, 0.2) is 42.7 Å². The Balaban J connectivity index is 1.41. The van der Waals surface area contributed by atoms with Gasteiger partial charge in [0.25, 0.3) is 5.91 Å². The molecule has 2 fully saturated rings. The molecule has 2 aliphatic rings. The van der Waals surface area contributed by atoms with Gasteiger partial charge < -0.3 is 20.3 Å². The summed E-state index contributed by atoms with van der Waals surface area (Å²) < 4.78 is 50.4. The van der Waals surface area contributed by atoms with E-state index in [0.29, 0.717) is 49.3 Å². The number of carbonyl (C=O) groups excluding carboxylic acids is 1. The number of amides is 1. The van der Waals surface area contributed by atoms with Crippen LogP contribution in [0.3, 0.4) is 0 Å². The molecule has 3 N–H and O–H groups in total. The van der Waals surface area contributed by atoms with Crippen molar-refractivity contribution in [3.8, 4) is 11.3 Å². The molecule has 10 heteroatoms. The van der Waals surface area contributed by atoms with Crippen LogP contribution in [0, 0.1) is 23.4 Å². The third-order valence-electron chi connectivity index (χ3n) is 8.43.